The second kappa shape index (κ2) is 6.71. The van der Waals surface area contributed by atoms with Gasteiger partial charge >= 0.3 is 0 Å². The van der Waals surface area contributed by atoms with Crippen molar-refractivity contribution in [2.45, 2.75) is 32.4 Å². The van der Waals surface area contributed by atoms with Crippen molar-refractivity contribution < 1.29 is 4.79 Å². The SMILES string of the molecule is CC1=C(Br)C(=O)N([C@@H](C)c2ccccc2)[C@H](c2ccccc2)C1. The lowest BCUT2D eigenvalue weighted by Gasteiger charge is -2.40. The van der Waals surface area contributed by atoms with Gasteiger partial charge in [-0.25, -0.2) is 0 Å². The second-order valence-electron chi connectivity index (χ2n) is 6.02. The van der Waals surface area contributed by atoms with Crippen molar-refractivity contribution in [3.05, 3.63) is 81.8 Å². The van der Waals surface area contributed by atoms with Crippen molar-refractivity contribution in [3.63, 3.8) is 0 Å². The van der Waals surface area contributed by atoms with Gasteiger partial charge in [0.15, 0.2) is 0 Å². The molecule has 2 aromatic rings. The van der Waals surface area contributed by atoms with Crippen LogP contribution in [0.3, 0.4) is 0 Å². The molecule has 1 heterocycles. The molecule has 0 aliphatic carbocycles. The third-order valence-corrected chi connectivity index (χ3v) is 5.53. The van der Waals surface area contributed by atoms with Crippen molar-refractivity contribution in [2.75, 3.05) is 0 Å². The fraction of sp³-hybridized carbons (Fsp3) is 0.250. The van der Waals surface area contributed by atoms with E-state index in [1.54, 1.807) is 0 Å². The molecule has 0 spiro atoms. The number of amides is 1. The molecule has 2 nitrogen and oxygen atoms in total. The Morgan fingerprint density at radius 3 is 2.22 bits per heavy atom. The van der Waals surface area contributed by atoms with Crippen LogP contribution in [0.25, 0.3) is 0 Å². The Kier molecular flexibility index (Phi) is 4.67. The first kappa shape index (κ1) is 16.0. The molecule has 1 amide bonds. The Bertz CT molecular complexity index is 724. The maximum atomic E-state index is 13.0. The topological polar surface area (TPSA) is 20.3 Å². The highest BCUT2D eigenvalue weighted by atomic mass is 79.9. The van der Waals surface area contributed by atoms with E-state index in [0.29, 0.717) is 4.48 Å². The van der Waals surface area contributed by atoms with E-state index in [-0.39, 0.29) is 18.0 Å². The Morgan fingerprint density at radius 1 is 1.04 bits per heavy atom. The van der Waals surface area contributed by atoms with E-state index >= 15 is 0 Å². The van der Waals surface area contributed by atoms with E-state index in [1.807, 2.05) is 48.2 Å². The van der Waals surface area contributed by atoms with E-state index in [1.165, 1.54) is 5.56 Å². The number of nitrogens with zero attached hydrogens (tertiary/aromatic N) is 1. The summed E-state index contributed by atoms with van der Waals surface area (Å²) in [5.74, 6) is 0.0685. The zero-order chi connectivity index (χ0) is 16.4. The first-order valence-corrected chi connectivity index (χ1v) is 8.66. The molecule has 0 bridgehead atoms. The highest BCUT2D eigenvalue weighted by molar-refractivity contribution is 9.12. The number of benzene rings is 2. The Hall–Kier alpha value is -1.87. The minimum Gasteiger partial charge on any atom is -0.324 e. The minimum atomic E-state index is 0.0227. The molecule has 2 atom stereocenters. The van der Waals surface area contributed by atoms with Crippen LogP contribution >= 0.6 is 15.9 Å². The predicted octanol–water partition coefficient (Wildman–Crippen LogP) is 5.39. The van der Waals surface area contributed by atoms with Gasteiger partial charge in [-0.05, 0) is 47.3 Å². The monoisotopic (exact) mass is 369 g/mol. The van der Waals surface area contributed by atoms with Gasteiger partial charge < -0.3 is 4.90 Å². The standard InChI is InChI=1S/C20H20BrNO/c1-14-13-18(17-11-7-4-8-12-17)22(20(23)19(14)21)15(2)16-9-5-3-6-10-16/h3-12,15,18H,13H2,1-2H3/t15-,18-/m0/s1. The molecule has 0 aromatic heterocycles. The van der Waals surface area contributed by atoms with Gasteiger partial charge in [-0.2, -0.15) is 0 Å². The highest BCUT2D eigenvalue weighted by Crippen LogP contribution is 2.41. The fourth-order valence-electron chi connectivity index (χ4n) is 3.21. The normalized spacial score (nSPS) is 19.9. The first-order chi connectivity index (χ1) is 11.1. The smallest absolute Gasteiger partial charge is 0.261 e. The molecule has 0 unspecified atom stereocenters. The molecule has 23 heavy (non-hydrogen) atoms. The van der Waals surface area contributed by atoms with Crippen LogP contribution in [0.1, 0.15) is 43.5 Å². The predicted molar refractivity (Wildman–Crippen MR) is 97.1 cm³/mol. The van der Waals surface area contributed by atoms with Gasteiger partial charge in [-0.1, -0.05) is 66.2 Å². The van der Waals surface area contributed by atoms with Gasteiger partial charge in [-0.3, -0.25) is 4.79 Å². The molecule has 0 fully saturated rings. The fourth-order valence-corrected chi connectivity index (χ4v) is 3.57. The van der Waals surface area contributed by atoms with Crippen LogP contribution in [0.4, 0.5) is 0 Å². The van der Waals surface area contributed by atoms with Gasteiger partial charge in [0.1, 0.15) is 0 Å². The maximum absolute atomic E-state index is 13.0. The molecule has 0 N–H and O–H groups in total. The molecule has 1 aliphatic rings. The number of carbonyl (C=O) groups excluding carboxylic acids is 1. The number of rotatable bonds is 3. The number of carbonyl (C=O) groups is 1. The van der Waals surface area contributed by atoms with Crippen molar-refractivity contribution >= 4 is 21.8 Å². The van der Waals surface area contributed by atoms with Crippen molar-refractivity contribution in [2.24, 2.45) is 0 Å². The number of hydrogen-bond donors (Lipinski definition) is 0. The van der Waals surface area contributed by atoms with Crippen molar-refractivity contribution in [1.29, 1.82) is 0 Å². The Balaban J connectivity index is 2.04. The van der Waals surface area contributed by atoms with Crippen molar-refractivity contribution in [3.8, 4) is 0 Å². The summed E-state index contributed by atoms with van der Waals surface area (Å²) in [5.41, 5.74) is 3.45. The van der Waals surface area contributed by atoms with E-state index in [0.717, 1.165) is 17.6 Å². The summed E-state index contributed by atoms with van der Waals surface area (Å²) < 4.78 is 0.701. The molecule has 2 aromatic carbocycles. The Morgan fingerprint density at radius 2 is 1.61 bits per heavy atom. The molecule has 0 saturated carbocycles. The van der Waals surface area contributed by atoms with Crippen LogP contribution in [0.15, 0.2) is 70.7 Å². The zero-order valence-corrected chi connectivity index (χ0v) is 15.0. The summed E-state index contributed by atoms with van der Waals surface area (Å²) in [4.78, 5) is 15.0. The summed E-state index contributed by atoms with van der Waals surface area (Å²) in [5, 5.41) is 0. The first-order valence-electron chi connectivity index (χ1n) is 7.87. The average Bonchev–Trinajstić information content (AvgIpc) is 2.60. The van der Waals surface area contributed by atoms with Crippen LogP contribution in [-0.2, 0) is 4.79 Å². The summed E-state index contributed by atoms with van der Waals surface area (Å²) in [6.45, 7) is 4.13. The minimum absolute atomic E-state index is 0.0227. The molecule has 3 rings (SSSR count). The van der Waals surface area contributed by atoms with Gasteiger partial charge in [0.05, 0.1) is 16.6 Å². The van der Waals surface area contributed by atoms with Gasteiger partial charge in [0.25, 0.3) is 5.91 Å². The average molecular weight is 370 g/mol. The quantitative estimate of drug-likeness (QED) is 0.709. The lowest BCUT2D eigenvalue weighted by Crippen LogP contribution is -2.40. The molecule has 1 aliphatic heterocycles. The van der Waals surface area contributed by atoms with Gasteiger partial charge in [-0.15, -0.1) is 0 Å². The van der Waals surface area contributed by atoms with Gasteiger partial charge in [0, 0.05) is 0 Å². The van der Waals surface area contributed by atoms with Crippen molar-refractivity contribution in [1.82, 2.24) is 4.90 Å². The summed E-state index contributed by atoms with van der Waals surface area (Å²) in [6.07, 6.45) is 0.855. The molecular formula is C20H20BrNO. The molecule has 0 saturated heterocycles. The lowest BCUT2D eigenvalue weighted by atomic mass is 9.91. The van der Waals surface area contributed by atoms with E-state index in [2.05, 4.69) is 47.1 Å². The van der Waals surface area contributed by atoms with E-state index in [4.69, 9.17) is 0 Å². The molecular weight excluding hydrogens is 350 g/mol. The highest BCUT2D eigenvalue weighted by Gasteiger charge is 2.36. The summed E-state index contributed by atoms with van der Waals surface area (Å²) in [7, 11) is 0. The van der Waals surface area contributed by atoms with E-state index < -0.39 is 0 Å². The molecule has 0 radical (unpaired) electrons. The largest absolute Gasteiger partial charge is 0.324 e. The third kappa shape index (κ3) is 3.11. The maximum Gasteiger partial charge on any atom is 0.261 e. The summed E-state index contributed by atoms with van der Waals surface area (Å²) >= 11 is 3.49. The van der Waals surface area contributed by atoms with Crippen LogP contribution in [-0.4, -0.2) is 10.8 Å². The van der Waals surface area contributed by atoms with Crippen LogP contribution in [0, 0.1) is 0 Å². The van der Waals surface area contributed by atoms with Crippen LogP contribution in [0.2, 0.25) is 0 Å². The zero-order valence-electron chi connectivity index (χ0n) is 13.4. The Labute approximate surface area is 146 Å². The summed E-state index contributed by atoms with van der Waals surface area (Å²) in [6, 6.07) is 20.6. The molecule has 3 heteroatoms. The lowest BCUT2D eigenvalue weighted by molar-refractivity contribution is -0.132. The molecule has 118 valence electrons. The van der Waals surface area contributed by atoms with Crippen LogP contribution < -0.4 is 0 Å². The number of hydrogen-bond acceptors (Lipinski definition) is 1. The number of halogens is 1. The van der Waals surface area contributed by atoms with Crippen LogP contribution in [0.5, 0.6) is 0 Å². The van der Waals surface area contributed by atoms with E-state index in [9.17, 15) is 4.79 Å². The third-order valence-electron chi connectivity index (χ3n) is 4.52. The second-order valence-corrected chi connectivity index (χ2v) is 6.82. The van der Waals surface area contributed by atoms with Gasteiger partial charge in [0.2, 0.25) is 0 Å².